The van der Waals surface area contributed by atoms with Gasteiger partial charge in [0.1, 0.15) is 24.1 Å². The van der Waals surface area contributed by atoms with Crippen LogP contribution in [0.3, 0.4) is 0 Å². The topological polar surface area (TPSA) is 111 Å². The first-order valence-electron chi connectivity index (χ1n) is 23.0. The molecular formula is C57H59O10P. The highest BCUT2D eigenvalue weighted by Crippen LogP contribution is 2.59. The lowest BCUT2D eigenvalue weighted by molar-refractivity contribution is -0.278. The molecule has 10 nitrogen and oxygen atoms in total. The molecule has 7 aromatic rings. The molecule has 0 bridgehead atoms. The molecule has 352 valence electrons. The van der Waals surface area contributed by atoms with E-state index in [1.165, 1.54) is 0 Å². The Morgan fingerprint density at radius 3 is 0.912 bits per heavy atom. The van der Waals surface area contributed by atoms with Crippen molar-refractivity contribution in [3.8, 4) is 5.75 Å². The maximum Gasteiger partial charge on any atom is 0.360 e. The zero-order chi connectivity index (χ0) is 46.8. The number of hydrogen-bond donors (Lipinski definition) is 1. The molecule has 0 amide bonds. The van der Waals surface area contributed by atoms with Crippen LogP contribution in [0, 0.1) is 5.92 Å². The highest BCUT2D eigenvalue weighted by atomic mass is 31.2. The van der Waals surface area contributed by atoms with Gasteiger partial charge >= 0.3 is 7.60 Å². The lowest BCUT2D eigenvalue weighted by Gasteiger charge is -2.51. The van der Waals surface area contributed by atoms with E-state index in [4.69, 9.17) is 37.5 Å². The van der Waals surface area contributed by atoms with Crippen LogP contribution in [0.15, 0.2) is 206 Å². The maximum atomic E-state index is 15.9. The van der Waals surface area contributed by atoms with E-state index >= 15 is 4.57 Å². The van der Waals surface area contributed by atoms with Crippen LogP contribution in [0.1, 0.15) is 38.9 Å². The van der Waals surface area contributed by atoms with Crippen molar-refractivity contribution in [3.63, 3.8) is 0 Å². The molecular weight excluding hydrogens is 876 g/mol. The third-order valence-electron chi connectivity index (χ3n) is 12.0. The van der Waals surface area contributed by atoms with E-state index in [0.717, 1.165) is 38.9 Å². The van der Waals surface area contributed by atoms with Gasteiger partial charge in [-0.3, -0.25) is 4.57 Å². The van der Waals surface area contributed by atoms with Crippen LogP contribution in [0.5, 0.6) is 5.75 Å². The standard InChI is InChI=1S/C57H59O10P/c1-60-50-34-32-49(33-35-50)40-64-55-53(62-37-44-22-10-3-11-23-44)51(57(58)68(59,66-41-47-28-16-6-17-29-47)67-42-48-30-18-7-19-31-48)52(61-36-43-20-8-2-9-21-43)54(63-38-45-24-12-4-13-25-45)56(55)65-39-46-26-14-5-15-27-46/h2-35,51-58H,36-42H2,1H3/t51?,52-,53-,54+,55-,56-,57-/m1/s1. The lowest BCUT2D eigenvalue weighted by Crippen LogP contribution is -2.66. The van der Waals surface area contributed by atoms with Gasteiger partial charge < -0.3 is 42.6 Å². The van der Waals surface area contributed by atoms with Gasteiger partial charge in [-0.2, -0.15) is 0 Å². The van der Waals surface area contributed by atoms with Crippen molar-refractivity contribution in [1.29, 1.82) is 0 Å². The minimum Gasteiger partial charge on any atom is -0.497 e. The van der Waals surface area contributed by atoms with Crippen molar-refractivity contribution < 1.29 is 47.1 Å². The number of hydrogen-bond acceptors (Lipinski definition) is 10. The fourth-order valence-corrected chi connectivity index (χ4v) is 10.2. The summed E-state index contributed by atoms with van der Waals surface area (Å²) in [5.74, 6) is -2.28. The Hall–Kier alpha value is -5.75. The van der Waals surface area contributed by atoms with Crippen LogP contribution in [0.4, 0.5) is 0 Å². The molecule has 68 heavy (non-hydrogen) atoms. The first kappa shape index (κ1) is 48.7. The van der Waals surface area contributed by atoms with E-state index in [2.05, 4.69) is 0 Å². The Labute approximate surface area is 399 Å². The van der Waals surface area contributed by atoms with Gasteiger partial charge in [0.25, 0.3) is 0 Å². The number of aliphatic hydroxyl groups is 1. The Balaban J connectivity index is 1.27. The van der Waals surface area contributed by atoms with E-state index in [0.29, 0.717) is 5.75 Å². The predicted molar refractivity (Wildman–Crippen MR) is 261 cm³/mol. The molecule has 1 unspecified atom stereocenters. The van der Waals surface area contributed by atoms with Gasteiger partial charge in [0, 0.05) is 0 Å². The summed E-state index contributed by atoms with van der Waals surface area (Å²) in [6, 6.07) is 65.7. The average Bonchev–Trinajstić information content (AvgIpc) is 3.40. The molecule has 0 aromatic heterocycles. The van der Waals surface area contributed by atoms with Crippen molar-refractivity contribution in [2.75, 3.05) is 7.11 Å². The van der Waals surface area contributed by atoms with Crippen LogP contribution in [-0.4, -0.2) is 48.6 Å². The number of ether oxygens (including phenoxy) is 6. The highest BCUT2D eigenvalue weighted by Gasteiger charge is 2.60. The Morgan fingerprint density at radius 1 is 0.368 bits per heavy atom. The maximum absolute atomic E-state index is 15.9. The first-order chi connectivity index (χ1) is 33.5. The van der Waals surface area contributed by atoms with E-state index in [1.807, 2.05) is 206 Å². The Morgan fingerprint density at radius 2 is 0.618 bits per heavy atom. The Bertz CT molecular complexity index is 2490. The van der Waals surface area contributed by atoms with Gasteiger partial charge in [0.15, 0.2) is 5.85 Å². The predicted octanol–water partition coefficient (Wildman–Crippen LogP) is 11.5. The quantitative estimate of drug-likeness (QED) is 0.0588. The fraction of sp³-hybridized carbons (Fsp3) is 0.263. The summed E-state index contributed by atoms with van der Waals surface area (Å²) in [7, 11) is -2.92. The molecule has 0 saturated heterocycles. The van der Waals surface area contributed by atoms with E-state index in [1.54, 1.807) is 7.11 Å². The second kappa shape index (κ2) is 25.0. The molecule has 1 aliphatic carbocycles. The molecule has 0 spiro atoms. The summed E-state index contributed by atoms with van der Waals surface area (Å²) in [5.41, 5.74) is 5.96. The normalized spacial score (nSPS) is 19.9. The first-order valence-corrected chi connectivity index (χ1v) is 24.6. The molecule has 1 N–H and O–H groups in total. The van der Waals surface area contributed by atoms with E-state index < -0.39 is 49.9 Å². The molecule has 0 heterocycles. The zero-order valence-corrected chi connectivity index (χ0v) is 39.1. The van der Waals surface area contributed by atoms with Crippen LogP contribution < -0.4 is 4.74 Å². The number of methoxy groups -OCH3 is 1. The number of aliphatic hydroxyl groups excluding tert-OH is 1. The molecule has 1 aliphatic rings. The number of benzene rings is 7. The summed E-state index contributed by atoms with van der Waals surface area (Å²) >= 11 is 0. The third kappa shape index (κ3) is 13.5. The molecule has 1 fully saturated rings. The van der Waals surface area contributed by atoms with Crippen LogP contribution >= 0.6 is 7.60 Å². The minimum atomic E-state index is -4.55. The molecule has 7 aromatic carbocycles. The molecule has 0 aliphatic heterocycles. The van der Waals surface area contributed by atoms with Gasteiger partial charge in [0.2, 0.25) is 0 Å². The SMILES string of the molecule is COc1ccc(CO[C@H]2[C@H](OCc3ccccc3)[C@@H](OCc3ccccc3)[C@H](OCc3ccccc3)C([C@H](O)P(=O)(OCc3ccccc3)OCc3ccccc3)[C@H]2OCc2ccccc2)cc1. The smallest absolute Gasteiger partial charge is 0.360 e. The van der Waals surface area contributed by atoms with Crippen molar-refractivity contribution in [2.24, 2.45) is 5.92 Å². The van der Waals surface area contributed by atoms with Crippen molar-refractivity contribution in [1.82, 2.24) is 0 Å². The molecule has 0 radical (unpaired) electrons. The van der Waals surface area contributed by atoms with Crippen molar-refractivity contribution >= 4 is 7.60 Å². The summed E-state index contributed by atoms with van der Waals surface area (Å²) in [5, 5.41) is 13.3. The van der Waals surface area contributed by atoms with Gasteiger partial charge in [-0.1, -0.05) is 194 Å². The summed E-state index contributed by atoms with van der Waals surface area (Å²) in [6.45, 7) is 0.519. The van der Waals surface area contributed by atoms with E-state index in [-0.39, 0.29) is 46.2 Å². The summed E-state index contributed by atoms with van der Waals surface area (Å²) in [4.78, 5) is 0. The van der Waals surface area contributed by atoms with Crippen molar-refractivity contribution in [2.45, 2.75) is 82.6 Å². The van der Waals surface area contributed by atoms with Crippen LogP contribution in [0.2, 0.25) is 0 Å². The van der Waals surface area contributed by atoms with Gasteiger partial charge in [0.05, 0.1) is 71.5 Å². The largest absolute Gasteiger partial charge is 0.497 e. The minimum absolute atomic E-state index is 0.101. The Kier molecular flexibility index (Phi) is 17.9. The second-order valence-electron chi connectivity index (χ2n) is 16.7. The van der Waals surface area contributed by atoms with Gasteiger partial charge in [-0.05, 0) is 51.1 Å². The monoisotopic (exact) mass is 934 g/mol. The van der Waals surface area contributed by atoms with Crippen molar-refractivity contribution in [3.05, 3.63) is 245 Å². The summed E-state index contributed by atoms with van der Waals surface area (Å²) in [6.07, 6.45) is -4.83. The molecule has 8 rings (SSSR count). The molecule has 11 heteroatoms. The second-order valence-corrected chi connectivity index (χ2v) is 18.8. The van der Waals surface area contributed by atoms with Crippen LogP contribution in [0.25, 0.3) is 0 Å². The highest BCUT2D eigenvalue weighted by molar-refractivity contribution is 7.54. The lowest BCUT2D eigenvalue weighted by atomic mass is 9.77. The summed E-state index contributed by atoms with van der Waals surface area (Å²) < 4.78 is 69.5. The average molecular weight is 935 g/mol. The van der Waals surface area contributed by atoms with Crippen LogP contribution in [-0.2, 0) is 83.5 Å². The van der Waals surface area contributed by atoms with E-state index in [9.17, 15) is 5.11 Å². The zero-order valence-electron chi connectivity index (χ0n) is 38.2. The third-order valence-corrected chi connectivity index (χ3v) is 13.9. The van der Waals surface area contributed by atoms with Gasteiger partial charge in [-0.15, -0.1) is 0 Å². The molecule has 1 saturated carbocycles. The fourth-order valence-electron chi connectivity index (χ4n) is 8.37. The molecule has 7 atom stereocenters. The van der Waals surface area contributed by atoms with Gasteiger partial charge in [-0.25, -0.2) is 0 Å². The number of rotatable bonds is 24.